The largest absolute Gasteiger partial charge is 0.379 e. The molecular weight excluding hydrogens is 232 g/mol. The van der Waals surface area contributed by atoms with Crippen LogP contribution in [0.4, 0.5) is 0 Å². The molecule has 1 aromatic heterocycles. The quantitative estimate of drug-likeness (QED) is 0.894. The van der Waals surface area contributed by atoms with Gasteiger partial charge in [0.15, 0.2) is 0 Å². The van der Waals surface area contributed by atoms with Crippen LogP contribution < -0.4 is 5.32 Å². The van der Waals surface area contributed by atoms with Crippen LogP contribution in [0.2, 0.25) is 0 Å². The second kappa shape index (κ2) is 5.94. The van der Waals surface area contributed by atoms with Crippen molar-refractivity contribution in [1.82, 2.24) is 10.3 Å². The molecule has 0 spiro atoms. The van der Waals surface area contributed by atoms with E-state index in [-0.39, 0.29) is 0 Å². The van der Waals surface area contributed by atoms with Crippen LogP contribution in [0.5, 0.6) is 0 Å². The molecule has 1 unspecified atom stereocenters. The molecule has 2 heterocycles. The molecule has 0 aliphatic carbocycles. The van der Waals surface area contributed by atoms with E-state index < -0.39 is 0 Å². The summed E-state index contributed by atoms with van der Waals surface area (Å²) in [5.74, 6) is 0.685. The van der Waals surface area contributed by atoms with Gasteiger partial charge in [0.05, 0.1) is 23.9 Å². The van der Waals surface area contributed by atoms with Crippen molar-refractivity contribution in [3.63, 3.8) is 0 Å². The van der Waals surface area contributed by atoms with Crippen LogP contribution in [0.3, 0.4) is 0 Å². The Bertz CT molecular complexity index is 356. The Labute approximate surface area is 108 Å². The normalized spacial score (nSPS) is 21.1. The van der Waals surface area contributed by atoms with Crippen LogP contribution >= 0.6 is 11.3 Å². The highest BCUT2D eigenvalue weighted by Gasteiger charge is 2.17. The number of thiazole rings is 1. The molecule has 1 aromatic rings. The predicted octanol–water partition coefficient (Wildman–Crippen LogP) is 2.18. The molecule has 4 heteroatoms. The number of aryl methyl sites for hydroxylation is 1. The summed E-state index contributed by atoms with van der Waals surface area (Å²) in [6.45, 7) is 9.26. The highest BCUT2D eigenvalue weighted by atomic mass is 32.1. The number of ether oxygens (including phenoxy) is 1. The highest BCUT2D eigenvalue weighted by molar-refractivity contribution is 7.11. The summed E-state index contributed by atoms with van der Waals surface area (Å²) in [7, 11) is 0. The number of nitrogens with one attached hydrogen (secondary N) is 1. The smallest absolute Gasteiger partial charge is 0.0933 e. The van der Waals surface area contributed by atoms with E-state index in [9.17, 15) is 0 Å². The molecule has 1 aliphatic heterocycles. The molecule has 3 nitrogen and oxygen atoms in total. The summed E-state index contributed by atoms with van der Waals surface area (Å²) in [5, 5.41) is 4.78. The van der Waals surface area contributed by atoms with Crippen molar-refractivity contribution in [2.24, 2.45) is 5.92 Å². The van der Waals surface area contributed by atoms with Gasteiger partial charge in [-0.25, -0.2) is 4.98 Å². The van der Waals surface area contributed by atoms with Crippen molar-refractivity contribution in [3.8, 4) is 0 Å². The van der Waals surface area contributed by atoms with Gasteiger partial charge in [-0.2, -0.15) is 0 Å². The van der Waals surface area contributed by atoms with Gasteiger partial charge in [0.2, 0.25) is 0 Å². The lowest BCUT2D eigenvalue weighted by atomic mass is 10.1. The summed E-state index contributed by atoms with van der Waals surface area (Å²) in [5.41, 5.74) is 1.21. The molecular formula is C13H22N2OS. The molecule has 1 atom stereocenters. The minimum Gasteiger partial charge on any atom is -0.379 e. The fraction of sp³-hybridized carbons (Fsp3) is 0.769. The topological polar surface area (TPSA) is 34.1 Å². The van der Waals surface area contributed by atoms with Gasteiger partial charge in [-0.05, 0) is 12.8 Å². The van der Waals surface area contributed by atoms with Crippen molar-refractivity contribution in [1.29, 1.82) is 0 Å². The summed E-state index contributed by atoms with van der Waals surface area (Å²) in [4.78, 5) is 6.09. The van der Waals surface area contributed by atoms with E-state index in [1.54, 1.807) is 0 Å². The molecule has 1 fully saturated rings. The first-order valence-corrected chi connectivity index (χ1v) is 7.23. The van der Waals surface area contributed by atoms with Gasteiger partial charge in [0.1, 0.15) is 0 Å². The predicted molar refractivity (Wildman–Crippen MR) is 71.7 cm³/mol. The van der Waals surface area contributed by atoms with E-state index in [1.807, 2.05) is 11.3 Å². The van der Waals surface area contributed by atoms with Crippen LogP contribution in [0, 0.1) is 12.8 Å². The number of morpholine rings is 1. The van der Waals surface area contributed by atoms with Crippen LogP contribution in [0.15, 0.2) is 0 Å². The van der Waals surface area contributed by atoms with Gasteiger partial charge in [-0.1, -0.05) is 13.8 Å². The van der Waals surface area contributed by atoms with Crippen molar-refractivity contribution < 1.29 is 4.74 Å². The number of rotatable bonds is 4. The third-order valence-corrected chi connectivity index (χ3v) is 4.15. The molecule has 1 aliphatic rings. The molecule has 0 saturated carbocycles. The van der Waals surface area contributed by atoms with Gasteiger partial charge in [0, 0.05) is 30.3 Å². The lowest BCUT2D eigenvalue weighted by Gasteiger charge is -2.23. The Morgan fingerprint density at radius 1 is 1.53 bits per heavy atom. The first-order chi connectivity index (χ1) is 8.15. The fourth-order valence-corrected chi connectivity index (χ4v) is 3.45. The summed E-state index contributed by atoms with van der Waals surface area (Å²) in [6.07, 6.45) is 2.15. The maximum Gasteiger partial charge on any atom is 0.0933 e. The lowest BCUT2D eigenvalue weighted by molar-refractivity contribution is 0.0772. The SMILES string of the molecule is Cc1nc(CC(C)C)sc1CC1COCCN1. The fourth-order valence-electron chi connectivity index (χ4n) is 2.09. The third-order valence-electron chi connectivity index (χ3n) is 2.95. The van der Waals surface area contributed by atoms with Gasteiger partial charge in [-0.15, -0.1) is 11.3 Å². The van der Waals surface area contributed by atoms with Crippen molar-refractivity contribution in [2.75, 3.05) is 19.8 Å². The van der Waals surface area contributed by atoms with Gasteiger partial charge in [0.25, 0.3) is 0 Å². The third kappa shape index (κ3) is 3.76. The van der Waals surface area contributed by atoms with Crippen molar-refractivity contribution >= 4 is 11.3 Å². The average Bonchev–Trinajstić information content (AvgIpc) is 2.59. The zero-order valence-corrected chi connectivity index (χ0v) is 11.8. The second-order valence-electron chi connectivity index (χ2n) is 5.14. The van der Waals surface area contributed by atoms with Crippen LogP contribution in [-0.2, 0) is 17.6 Å². The van der Waals surface area contributed by atoms with Crippen LogP contribution in [0.25, 0.3) is 0 Å². The molecule has 0 aromatic carbocycles. The van der Waals surface area contributed by atoms with E-state index in [1.165, 1.54) is 15.6 Å². The van der Waals surface area contributed by atoms with Crippen LogP contribution in [0.1, 0.15) is 29.4 Å². The number of aromatic nitrogens is 1. The molecule has 96 valence electrons. The summed E-state index contributed by atoms with van der Waals surface area (Å²) < 4.78 is 5.49. The van der Waals surface area contributed by atoms with Gasteiger partial charge >= 0.3 is 0 Å². The van der Waals surface area contributed by atoms with Gasteiger partial charge < -0.3 is 10.1 Å². The van der Waals surface area contributed by atoms with Crippen LogP contribution in [-0.4, -0.2) is 30.8 Å². The molecule has 17 heavy (non-hydrogen) atoms. The molecule has 2 rings (SSSR count). The Balaban J connectivity index is 1.97. The number of nitrogens with zero attached hydrogens (tertiary/aromatic N) is 1. The van der Waals surface area contributed by atoms with Crippen molar-refractivity contribution in [3.05, 3.63) is 15.6 Å². The first-order valence-electron chi connectivity index (χ1n) is 6.41. The summed E-state index contributed by atoms with van der Waals surface area (Å²) >= 11 is 1.87. The Morgan fingerprint density at radius 3 is 3.00 bits per heavy atom. The molecule has 0 bridgehead atoms. The van der Waals surface area contributed by atoms with Gasteiger partial charge in [-0.3, -0.25) is 0 Å². The molecule has 0 radical (unpaired) electrons. The van der Waals surface area contributed by atoms with Crippen molar-refractivity contribution in [2.45, 2.75) is 39.7 Å². The average molecular weight is 254 g/mol. The zero-order chi connectivity index (χ0) is 12.3. The lowest BCUT2D eigenvalue weighted by Crippen LogP contribution is -2.42. The van der Waals surface area contributed by atoms with E-state index in [4.69, 9.17) is 4.74 Å². The maximum absolute atomic E-state index is 5.49. The van der Waals surface area contributed by atoms with E-state index >= 15 is 0 Å². The zero-order valence-electron chi connectivity index (χ0n) is 11.0. The number of hydrogen-bond donors (Lipinski definition) is 1. The minimum atomic E-state index is 0.467. The maximum atomic E-state index is 5.49. The molecule has 1 saturated heterocycles. The minimum absolute atomic E-state index is 0.467. The Kier molecular flexibility index (Phi) is 4.54. The highest BCUT2D eigenvalue weighted by Crippen LogP contribution is 2.22. The molecule has 0 amide bonds. The Hall–Kier alpha value is -0.450. The number of hydrogen-bond acceptors (Lipinski definition) is 4. The standard InChI is InChI=1S/C13H22N2OS/c1-9(2)6-13-15-10(3)12(17-13)7-11-8-16-5-4-14-11/h9,11,14H,4-8H2,1-3H3. The first kappa shape index (κ1) is 13.0. The monoisotopic (exact) mass is 254 g/mol. The Morgan fingerprint density at radius 2 is 2.35 bits per heavy atom. The second-order valence-corrected chi connectivity index (χ2v) is 6.31. The molecule has 1 N–H and O–H groups in total. The summed E-state index contributed by atoms with van der Waals surface area (Å²) in [6, 6.07) is 0.467. The van der Waals surface area contributed by atoms with E-state index in [2.05, 4.69) is 31.1 Å². The van der Waals surface area contributed by atoms with E-state index in [0.717, 1.165) is 32.6 Å². The van der Waals surface area contributed by atoms with E-state index in [0.29, 0.717) is 12.0 Å².